The summed E-state index contributed by atoms with van der Waals surface area (Å²) >= 11 is 0. The summed E-state index contributed by atoms with van der Waals surface area (Å²) in [5.41, 5.74) is 2.64. The predicted octanol–water partition coefficient (Wildman–Crippen LogP) is 4.62. The van der Waals surface area contributed by atoms with Crippen LogP contribution in [0.25, 0.3) is 0 Å². The molecule has 0 saturated carbocycles. The number of halogens is 2. The van der Waals surface area contributed by atoms with Crippen molar-refractivity contribution in [2.45, 2.75) is 20.3 Å². The molecule has 1 amide bonds. The second-order valence-electron chi connectivity index (χ2n) is 5.93. The number of hydrogen-bond donors (Lipinski definition) is 2. The van der Waals surface area contributed by atoms with E-state index in [1.165, 1.54) is 18.5 Å². The van der Waals surface area contributed by atoms with Gasteiger partial charge in [0.25, 0.3) is 5.91 Å². The maximum atomic E-state index is 13.7. The number of nitrogens with one attached hydrogen (secondary N) is 2. The van der Waals surface area contributed by atoms with Crippen LogP contribution in [-0.2, 0) is 6.42 Å². The summed E-state index contributed by atoms with van der Waals surface area (Å²) in [6.07, 6.45) is 3.38. The lowest BCUT2D eigenvalue weighted by Crippen LogP contribution is -2.15. The van der Waals surface area contributed by atoms with Crippen molar-refractivity contribution in [2.24, 2.45) is 0 Å². The Morgan fingerprint density at radius 3 is 2.26 bits per heavy atom. The van der Waals surface area contributed by atoms with E-state index in [1.54, 1.807) is 0 Å². The quantitative estimate of drug-likeness (QED) is 0.689. The summed E-state index contributed by atoms with van der Waals surface area (Å²) in [4.78, 5) is 20.4. The van der Waals surface area contributed by atoms with Crippen LogP contribution < -0.4 is 10.6 Å². The van der Waals surface area contributed by atoms with Crippen LogP contribution in [0.1, 0.15) is 28.4 Å². The number of carbonyl (C=O) groups excluding carboxylic acids is 1. The normalized spacial score (nSPS) is 10.5. The highest BCUT2D eigenvalue weighted by molar-refractivity contribution is 6.04. The Bertz CT molecular complexity index is 954. The molecule has 0 aliphatic heterocycles. The zero-order valence-corrected chi connectivity index (χ0v) is 14.9. The number of anilines is 3. The maximum absolute atomic E-state index is 13.7. The number of rotatable bonds is 5. The van der Waals surface area contributed by atoms with Gasteiger partial charge in [-0.1, -0.05) is 31.2 Å². The van der Waals surface area contributed by atoms with Crippen molar-refractivity contribution in [3.05, 3.63) is 77.1 Å². The standard InChI is InChI=1S/C20H18F2N4O/c1-3-13-7-4-6-12(2)17(13)25-19(27)14-10-23-20(24-11-14)26-18-15(21)8-5-9-16(18)22/h4-11H,3H2,1-2H3,(H,25,27)(H,23,24,26). The zero-order chi connectivity index (χ0) is 19.4. The van der Waals surface area contributed by atoms with Crippen LogP contribution in [0.5, 0.6) is 0 Å². The van der Waals surface area contributed by atoms with E-state index in [4.69, 9.17) is 0 Å². The molecule has 0 atom stereocenters. The topological polar surface area (TPSA) is 66.9 Å². The highest BCUT2D eigenvalue weighted by Gasteiger charge is 2.13. The molecule has 0 unspecified atom stereocenters. The average Bonchev–Trinajstić information content (AvgIpc) is 2.67. The van der Waals surface area contributed by atoms with Crippen LogP contribution in [0.2, 0.25) is 0 Å². The number of aryl methyl sites for hydroxylation is 2. The fourth-order valence-electron chi connectivity index (χ4n) is 2.63. The van der Waals surface area contributed by atoms with Gasteiger partial charge in [0, 0.05) is 18.1 Å². The molecule has 0 aliphatic rings. The summed E-state index contributed by atoms with van der Waals surface area (Å²) in [5.74, 6) is -1.89. The van der Waals surface area contributed by atoms with Gasteiger partial charge in [-0.05, 0) is 36.6 Å². The van der Waals surface area contributed by atoms with Crippen molar-refractivity contribution in [1.29, 1.82) is 0 Å². The van der Waals surface area contributed by atoms with Gasteiger partial charge in [-0.15, -0.1) is 0 Å². The number of para-hydroxylation sites is 2. The number of carbonyl (C=O) groups is 1. The molecule has 0 radical (unpaired) electrons. The van der Waals surface area contributed by atoms with E-state index in [1.807, 2.05) is 32.0 Å². The van der Waals surface area contributed by atoms with Gasteiger partial charge in [0.1, 0.15) is 17.3 Å². The Morgan fingerprint density at radius 1 is 1.00 bits per heavy atom. The first-order chi connectivity index (χ1) is 13.0. The van der Waals surface area contributed by atoms with Gasteiger partial charge in [-0.3, -0.25) is 4.79 Å². The molecular formula is C20H18F2N4O. The van der Waals surface area contributed by atoms with Gasteiger partial charge in [0.05, 0.1) is 5.56 Å². The second kappa shape index (κ2) is 7.90. The van der Waals surface area contributed by atoms with Crippen LogP contribution in [0.3, 0.4) is 0 Å². The monoisotopic (exact) mass is 368 g/mol. The molecule has 0 spiro atoms. The lowest BCUT2D eigenvalue weighted by Gasteiger charge is -2.13. The molecule has 1 heterocycles. The van der Waals surface area contributed by atoms with Crippen molar-refractivity contribution in [1.82, 2.24) is 9.97 Å². The lowest BCUT2D eigenvalue weighted by atomic mass is 10.1. The van der Waals surface area contributed by atoms with Crippen molar-refractivity contribution in [3.8, 4) is 0 Å². The highest BCUT2D eigenvalue weighted by Crippen LogP contribution is 2.23. The second-order valence-corrected chi connectivity index (χ2v) is 5.93. The summed E-state index contributed by atoms with van der Waals surface area (Å²) in [7, 11) is 0. The van der Waals surface area contributed by atoms with Gasteiger partial charge in [0.2, 0.25) is 5.95 Å². The van der Waals surface area contributed by atoms with Crippen molar-refractivity contribution < 1.29 is 13.6 Å². The fraction of sp³-hybridized carbons (Fsp3) is 0.150. The van der Waals surface area contributed by atoms with Crippen molar-refractivity contribution in [3.63, 3.8) is 0 Å². The third kappa shape index (κ3) is 4.08. The van der Waals surface area contributed by atoms with Crippen molar-refractivity contribution in [2.75, 3.05) is 10.6 Å². The number of aromatic nitrogens is 2. The maximum Gasteiger partial charge on any atom is 0.258 e. The van der Waals surface area contributed by atoms with E-state index in [9.17, 15) is 13.6 Å². The summed E-state index contributed by atoms with van der Waals surface area (Å²) < 4.78 is 27.3. The van der Waals surface area contributed by atoms with E-state index in [2.05, 4.69) is 20.6 Å². The molecule has 138 valence electrons. The van der Waals surface area contributed by atoms with Gasteiger partial charge < -0.3 is 10.6 Å². The Labute approximate surface area is 155 Å². The molecule has 2 N–H and O–H groups in total. The molecule has 0 aliphatic carbocycles. The molecule has 0 fully saturated rings. The zero-order valence-electron chi connectivity index (χ0n) is 14.9. The van der Waals surface area contributed by atoms with Crippen LogP contribution in [0, 0.1) is 18.6 Å². The van der Waals surface area contributed by atoms with Crippen LogP contribution in [0.15, 0.2) is 48.8 Å². The number of nitrogens with zero attached hydrogens (tertiary/aromatic N) is 2. The minimum atomic E-state index is -0.757. The molecular weight excluding hydrogens is 350 g/mol. The van der Waals surface area contributed by atoms with Gasteiger partial charge >= 0.3 is 0 Å². The number of benzene rings is 2. The van der Waals surface area contributed by atoms with Crippen LogP contribution >= 0.6 is 0 Å². The molecule has 1 aromatic heterocycles. The first kappa shape index (κ1) is 18.4. The first-order valence-corrected chi connectivity index (χ1v) is 8.42. The van der Waals surface area contributed by atoms with E-state index >= 15 is 0 Å². The summed E-state index contributed by atoms with van der Waals surface area (Å²) in [5, 5.41) is 5.35. The molecule has 3 rings (SSSR count). The highest BCUT2D eigenvalue weighted by atomic mass is 19.1. The molecule has 5 nitrogen and oxygen atoms in total. The molecule has 0 bridgehead atoms. The molecule has 27 heavy (non-hydrogen) atoms. The van der Waals surface area contributed by atoms with Gasteiger partial charge in [-0.2, -0.15) is 0 Å². The largest absolute Gasteiger partial charge is 0.321 e. The number of amides is 1. The average molecular weight is 368 g/mol. The number of hydrogen-bond acceptors (Lipinski definition) is 4. The van der Waals surface area contributed by atoms with Gasteiger partial charge in [-0.25, -0.2) is 18.7 Å². The molecule has 0 saturated heterocycles. The summed E-state index contributed by atoms with van der Waals surface area (Å²) in [6.45, 7) is 3.93. The third-order valence-corrected chi connectivity index (χ3v) is 4.09. The van der Waals surface area contributed by atoms with E-state index in [0.717, 1.165) is 35.4 Å². The summed E-state index contributed by atoms with van der Waals surface area (Å²) in [6, 6.07) is 9.33. The Morgan fingerprint density at radius 2 is 1.63 bits per heavy atom. The fourth-order valence-corrected chi connectivity index (χ4v) is 2.63. The minimum absolute atomic E-state index is 0.0133. The van der Waals surface area contributed by atoms with E-state index in [0.29, 0.717) is 0 Å². The minimum Gasteiger partial charge on any atom is -0.321 e. The molecule has 2 aromatic carbocycles. The Balaban J connectivity index is 1.77. The Hall–Kier alpha value is -3.35. The first-order valence-electron chi connectivity index (χ1n) is 8.42. The predicted molar refractivity (Wildman–Crippen MR) is 100 cm³/mol. The van der Waals surface area contributed by atoms with E-state index in [-0.39, 0.29) is 23.1 Å². The SMILES string of the molecule is CCc1cccc(C)c1NC(=O)c1cnc(Nc2c(F)cccc2F)nc1. The van der Waals surface area contributed by atoms with E-state index < -0.39 is 11.6 Å². The van der Waals surface area contributed by atoms with Gasteiger partial charge in [0.15, 0.2) is 0 Å². The van der Waals surface area contributed by atoms with Crippen LogP contribution in [0.4, 0.5) is 26.1 Å². The smallest absolute Gasteiger partial charge is 0.258 e. The molecule has 7 heteroatoms. The van der Waals surface area contributed by atoms with Crippen molar-refractivity contribution >= 4 is 23.2 Å². The third-order valence-electron chi connectivity index (χ3n) is 4.09. The Kier molecular flexibility index (Phi) is 5.40. The van der Waals surface area contributed by atoms with Crippen LogP contribution in [-0.4, -0.2) is 15.9 Å². The lowest BCUT2D eigenvalue weighted by molar-refractivity contribution is 0.102. The molecule has 3 aromatic rings.